The first kappa shape index (κ1) is 13.1. The highest BCUT2D eigenvalue weighted by Gasteiger charge is 2.36. The summed E-state index contributed by atoms with van der Waals surface area (Å²) in [5.74, 6) is 1.50. The Bertz CT molecular complexity index is 353. The maximum Gasteiger partial charge on any atom is 0.135 e. The van der Waals surface area contributed by atoms with Crippen LogP contribution in [-0.4, -0.2) is 19.3 Å². The van der Waals surface area contributed by atoms with Crippen molar-refractivity contribution in [1.29, 1.82) is 0 Å². The Morgan fingerprint density at radius 1 is 1.53 bits per heavy atom. The van der Waals surface area contributed by atoms with Crippen LogP contribution >= 0.6 is 15.9 Å². The lowest BCUT2D eigenvalue weighted by Crippen LogP contribution is -2.32. The lowest BCUT2D eigenvalue weighted by atomic mass is 9.89. The van der Waals surface area contributed by atoms with Crippen molar-refractivity contribution in [3.8, 4) is 0 Å². The van der Waals surface area contributed by atoms with Gasteiger partial charge in [-0.1, -0.05) is 13.8 Å². The van der Waals surface area contributed by atoms with Gasteiger partial charge in [-0.3, -0.25) is 0 Å². The van der Waals surface area contributed by atoms with E-state index in [2.05, 4.69) is 35.1 Å². The minimum Gasteiger partial charge on any atom is -0.466 e. The molecular formula is C13H20BrNO2. The molecule has 0 aliphatic carbocycles. The van der Waals surface area contributed by atoms with E-state index in [1.165, 1.54) is 0 Å². The Labute approximate surface area is 111 Å². The van der Waals surface area contributed by atoms with Gasteiger partial charge in [0.1, 0.15) is 5.76 Å². The van der Waals surface area contributed by atoms with Crippen LogP contribution in [0, 0.1) is 5.92 Å². The molecule has 1 fully saturated rings. The molecule has 1 N–H and O–H groups in total. The molecule has 96 valence electrons. The molecule has 0 spiro atoms. The van der Waals surface area contributed by atoms with E-state index < -0.39 is 0 Å². The molecular weight excluding hydrogens is 282 g/mol. The number of ether oxygens (including phenoxy) is 1. The van der Waals surface area contributed by atoms with E-state index in [1.807, 2.05) is 6.07 Å². The highest BCUT2D eigenvalue weighted by molar-refractivity contribution is 9.10. The zero-order chi connectivity index (χ0) is 12.3. The molecule has 1 aromatic rings. The predicted octanol–water partition coefficient (Wildman–Crippen LogP) is 3.51. The number of furan rings is 1. The van der Waals surface area contributed by atoms with Crippen LogP contribution < -0.4 is 5.32 Å². The molecule has 1 aliphatic heterocycles. The van der Waals surface area contributed by atoms with Gasteiger partial charge < -0.3 is 14.5 Å². The molecule has 3 atom stereocenters. The van der Waals surface area contributed by atoms with Crippen molar-refractivity contribution < 1.29 is 9.15 Å². The molecule has 2 rings (SSSR count). The van der Waals surface area contributed by atoms with Gasteiger partial charge in [0.15, 0.2) is 0 Å². The third-order valence-electron chi connectivity index (χ3n) is 3.44. The molecule has 1 saturated heterocycles. The van der Waals surface area contributed by atoms with Crippen LogP contribution in [0.1, 0.15) is 38.5 Å². The Hall–Kier alpha value is -0.320. The van der Waals surface area contributed by atoms with Crippen molar-refractivity contribution in [2.45, 2.75) is 38.8 Å². The second-order valence-corrected chi connectivity index (χ2v) is 5.29. The molecule has 4 heteroatoms. The minimum absolute atomic E-state index is 0.247. The molecule has 1 aromatic heterocycles. The van der Waals surface area contributed by atoms with Crippen LogP contribution in [0.5, 0.6) is 0 Å². The van der Waals surface area contributed by atoms with Crippen LogP contribution in [-0.2, 0) is 4.74 Å². The number of hydrogen-bond acceptors (Lipinski definition) is 3. The van der Waals surface area contributed by atoms with Crippen LogP contribution in [0.4, 0.5) is 0 Å². The molecule has 17 heavy (non-hydrogen) atoms. The fourth-order valence-electron chi connectivity index (χ4n) is 2.65. The van der Waals surface area contributed by atoms with Crippen molar-refractivity contribution in [3.63, 3.8) is 0 Å². The summed E-state index contributed by atoms with van der Waals surface area (Å²) in [6, 6.07) is 2.20. The minimum atomic E-state index is 0.247. The van der Waals surface area contributed by atoms with Gasteiger partial charge in [0.05, 0.1) is 22.9 Å². The van der Waals surface area contributed by atoms with Crippen molar-refractivity contribution in [2.24, 2.45) is 5.92 Å². The lowest BCUT2D eigenvalue weighted by molar-refractivity contribution is 0.0748. The SMILES string of the molecule is CCNC(c1occc1Br)C1CCOC1CC. The molecule has 2 heterocycles. The maximum atomic E-state index is 5.78. The first-order valence-electron chi connectivity index (χ1n) is 6.35. The second kappa shape index (κ2) is 6.03. The van der Waals surface area contributed by atoms with Crippen LogP contribution in [0.2, 0.25) is 0 Å². The maximum absolute atomic E-state index is 5.78. The molecule has 3 nitrogen and oxygen atoms in total. The zero-order valence-electron chi connectivity index (χ0n) is 10.4. The summed E-state index contributed by atoms with van der Waals surface area (Å²) in [4.78, 5) is 0. The summed E-state index contributed by atoms with van der Waals surface area (Å²) in [7, 11) is 0. The predicted molar refractivity (Wildman–Crippen MR) is 71.0 cm³/mol. The van der Waals surface area contributed by atoms with Gasteiger partial charge in [-0.2, -0.15) is 0 Å². The first-order valence-corrected chi connectivity index (χ1v) is 7.15. The van der Waals surface area contributed by atoms with E-state index in [0.717, 1.165) is 36.2 Å². The Kier molecular flexibility index (Phi) is 4.65. The zero-order valence-corrected chi connectivity index (χ0v) is 12.0. The smallest absolute Gasteiger partial charge is 0.135 e. The molecule has 0 saturated carbocycles. The monoisotopic (exact) mass is 301 g/mol. The topological polar surface area (TPSA) is 34.4 Å². The van der Waals surface area contributed by atoms with Crippen molar-refractivity contribution in [2.75, 3.05) is 13.2 Å². The fraction of sp³-hybridized carbons (Fsp3) is 0.692. The van der Waals surface area contributed by atoms with Crippen molar-refractivity contribution in [1.82, 2.24) is 5.32 Å². The first-order chi connectivity index (χ1) is 8.27. The third kappa shape index (κ3) is 2.75. The quantitative estimate of drug-likeness (QED) is 0.904. The highest BCUT2D eigenvalue weighted by atomic mass is 79.9. The molecule has 0 aromatic carbocycles. The van der Waals surface area contributed by atoms with Gasteiger partial charge in [0.25, 0.3) is 0 Å². The standard InChI is InChI=1S/C13H20BrNO2/c1-3-11-9(5-7-16-11)12(15-4-2)13-10(14)6-8-17-13/h6,8-9,11-12,15H,3-5,7H2,1-2H3. The molecule has 0 bridgehead atoms. The van der Waals surface area contributed by atoms with E-state index in [1.54, 1.807) is 6.26 Å². The average Bonchev–Trinajstić information content (AvgIpc) is 2.94. The number of rotatable bonds is 5. The summed E-state index contributed by atoms with van der Waals surface area (Å²) in [6.45, 7) is 6.11. The Morgan fingerprint density at radius 2 is 2.35 bits per heavy atom. The number of hydrogen-bond donors (Lipinski definition) is 1. The van der Waals surface area contributed by atoms with Crippen LogP contribution in [0.15, 0.2) is 21.2 Å². The fourth-order valence-corrected chi connectivity index (χ4v) is 3.10. The lowest BCUT2D eigenvalue weighted by Gasteiger charge is -2.26. The van der Waals surface area contributed by atoms with Gasteiger partial charge in [0.2, 0.25) is 0 Å². The van der Waals surface area contributed by atoms with E-state index in [-0.39, 0.29) is 6.04 Å². The number of halogens is 1. The van der Waals surface area contributed by atoms with Gasteiger partial charge in [-0.05, 0) is 41.4 Å². The molecule has 0 amide bonds. The largest absolute Gasteiger partial charge is 0.466 e. The van der Waals surface area contributed by atoms with Crippen molar-refractivity contribution >= 4 is 15.9 Å². The summed E-state index contributed by atoms with van der Waals surface area (Å²) in [5.41, 5.74) is 0. The van der Waals surface area contributed by atoms with E-state index in [0.29, 0.717) is 12.0 Å². The van der Waals surface area contributed by atoms with Gasteiger partial charge in [-0.15, -0.1) is 0 Å². The van der Waals surface area contributed by atoms with Gasteiger partial charge >= 0.3 is 0 Å². The van der Waals surface area contributed by atoms with Crippen LogP contribution in [0.3, 0.4) is 0 Å². The molecule has 3 unspecified atom stereocenters. The van der Waals surface area contributed by atoms with Gasteiger partial charge in [-0.25, -0.2) is 0 Å². The second-order valence-electron chi connectivity index (χ2n) is 4.44. The summed E-state index contributed by atoms with van der Waals surface area (Å²) in [5, 5.41) is 3.53. The van der Waals surface area contributed by atoms with Crippen LogP contribution in [0.25, 0.3) is 0 Å². The summed E-state index contributed by atoms with van der Waals surface area (Å²) < 4.78 is 12.4. The number of nitrogens with one attached hydrogen (secondary N) is 1. The van der Waals surface area contributed by atoms with E-state index in [4.69, 9.17) is 9.15 Å². The Morgan fingerprint density at radius 3 is 2.94 bits per heavy atom. The summed E-state index contributed by atoms with van der Waals surface area (Å²) in [6.07, 6.45) is 4.24. The average molecular weight is 302 g/mol. The molecule has 0 radical (unpaired) electrons. The Balaban J connectivity index is 2.20. The van der Waals surface area contributed by atoms with Gasteiger partial charge in [0, 0.05) is 12.5 Å². The summed E-state index contributed by atoms with van der Waals surface area (Å²) >= 11 is 3.55. The normalized spacial score (nSPS) is 26.3. The van der Waals surface area contributed by atoms with Crippen molar-refractivity contribution in [3.05, 3.63) is 22.6 Å². The van der Waals surface area contributed by atoms with E-state index >= 15 is 0 Å². The third-order valence-corrected chi connectivity index (χ3v) is 4.10. The van der Waals surface area contributed by atoms with E-state index in [9.17, 15) is 0 Å². The molecule has 1 aliphatic rings. The highest BCUT2D eigenvalue weighted by Crippen LogP contribution is 2.37.